The highest BCUT2D eigenvalue weighted by Crippen LogP contribution is 2.21. The third-order valence-corrected chi connectivity index (χ3v) is 3.95. The molecule has 0 aromatic heterocycles. The van der Waals surface area contributed by atoms with E-state index in [4.69, 9.17) is 9.47 Å². The fraction of sp³-hybridized carbons (Fsp3) is 1.00. The van der Waals surface area contributed by atoms with Crippen LogP contribution in [-0.2, 0) is 9.47 Å². The summed E-state index contributed by atoms with van der Waals surface area (Å²) in [5.74, 6) is 0. The third kappa shape index (κ3) is 5.38. The van der Waals surface area contributed by atoms with Crippen LogP contribution in [0, 0.1) is 0 Å². The SMILES string of the molecule is CCCNC(COCCC)C(C)(C)N1CCOCC1. The summed E-state index contributed by atoms with van der Waals surface area (Å²) >= 11 is 0. The lowest BCUT2D eigenvalue weighted by atomic mass is 9.92. The standard InChI is InChI=1S/C15H32N2O2/c1-5-7-16-14(13-19-10-6-2)15(3,4)17-8-11-18-12-9-17/h14,16H,5-13H2,1-4H3. The molecule has 0 saturated carbocycles. The van der Waals surface area contributed by atoms with E-state index in [1.54, 1.807) is 0 Å². The van der Waals surface area contributed by atoms with Gasteiger partial charge in [-0.3, -0.25) is 4.90 Å². The number of morpholine rings is 1. The van der Waals surface area contributed by atoms with Gasteiger partial charge in [0, 0.05) is 31.3 Å². The summed E-state index contributed by atoms with van der Waals surface area (Å²) in [4.78, 5) is 2.53. The van der Waals surface area contributed by atoms with E-state index in [1.807, 2.05) is 0 Å². The molecule has 19 heavy (non-hydrogen) atoms. The lowest BCUT2D eigenvalue weighted by Gasteiger charge is -2.46. The number of nitrogens with one attached hydrogen (secondary N) is 1. The van der Waals surface area contributed by atoms with E-state index < -0.39 is 0 Å². The summed E-state index contributed by atoms with van der Waals surface area (Å²) < 4.78 is 11.3. The summed E-state index contributed by atoms with van der Waals surface area (Å²) in [5.41, 5.74) is 0.104. The van der Waals surface area contributed by atoms with Gasteiger partial charge in [-0.05, 0) is 33.2 Å². The topological polar surface area (TPSA) is 33.7 Å². The monoisotopic (exact) mass is 272 g/mol. The maximum atomic E-state index is 5.80. The van der Waals surface area contributed by atoms with Crippen molar-refractivity contribution >= 4 is 0 Å². The Kier molecular flexibility index (Phi) is 7.91. The molecule has 114 valence electrons. The van der Waals surface area contributed by atoms with Gasteiger partial charge in [-0.1, -0.05) is 13.8 Å². The third-order valence-electron chi connectivity index (χ3n) is 3.95. The maximum absolute atomic E-state index is 5.80. The van der Waals surface area contributed by atoms with Crippen molar-refractivity contribution in [2.45, 2.75) is 52.1 Å². The molecule has 0 radical (unpaired) electrons. The van der Waals surface area contributed by atoms with E-state index in [-0.39, 0.29) is 5.54 Å². The molecule has 4 nitrogen and oxygen atoms in total. The van der Waals surface area contributed by atoms with Gasteiger partial charge in [-0.15, -0.1) is 0 Å². The van der Waals surface area contributed by atoms with E-state index in [2.05, 4.69) is 37.9 Å². The average molecular weight is 272 g/mol. The minimum Gasteiger partial charge on any atom is -0.380 e. The van der Waals surface area contributed by atoms with Gasteiger partial charge in [0.25, 0.3) is 0 Å². The molecule has 1 saturated heterocycles. The first-order valence-electron chi connectivity index (χ1n) is 7.76. The van der Waals surface area contributed by atoms with Crippen molar-refractivity contribution in [1.82, 2.24) is 10.2 Å². The van der Waals surface area contributed by atoms with Crippen LogP contribution in [0.15, 0.2) is 0 Å². The normalized spacial score (nSPS) is 19.6. The van der Waals surface area contributed by atoms with E-state index in [0.717, 1.165) is 58.9 Å². The second kappa shape index (κ2) is 8.90. The molecule has 1 N–H and O–H groups in total. The average Bonchev–Trinajstić information content (AvgIpc) is 2.43. The van der Waals surface area contributed by atoms with Gasteiger partial charge < -0.3 is 14.8 Å². The zero-order valence-corrected chi connectivity index (χ0v) is 13.2. The van der Waals surface area contributed by atoms with Gasteiger partial charge in [0.1, 0.15) is 0 Å². The number of rotatable bonds is 9. The molecule has 0 amide bonds. The summed E-state index contributed by atoms with van der Waals surface area (Å²) in [7, 11) is 0. The quantitative estimate of drug-likeness (QED) is 0.650. The van der Waals surface area contributed by atoms with Crippen LogP contribution >= 0.6 is 0 Å². The molecule has 0 spiro atoms. The van der Waals surface area contributed by atoms with Crippen LogP contribution in [0.1, 0.15) is 40.5 Å². The lowest BCUT2D eigenvalue weighted by Crippen LogP contribution is -2.62. The van der Waals surface area contributed by atoms with Gasteiger partial charge in [0.05, 0.1) is 19.8 Å². The molecule has 0 aromatic rings. The first-order valence-corrected chi connectivity index (χ1v) is 7.76. The fourth-order valence-corrected chi connectivity index (χ4v) is 2.54. The summed E-state index contributed by atoms with van der Waals surface area (Å²) in [6.07, 6.45) is 2.24. The van der Waals surface area contributed by atoms with Crippen molar-refractivity contribution in [2.24, 2.45) is 0 Å². The van der Waals surface area contributed by atoms with Crippen LogP contribution < -0.4 is 5.32 Å². The predicted molar refractivity (Wildman–Crippen MR) is 79.7 cm³/mol. The largest absolute Gasteiger partial charge is 0.380 e. The van der Waals surface area contributed by atoms with Crippen molar-refractivity contribution in [3.8, 4) is 0 Å². The first kappa shape index (κ1) is 16.9. The van der Waals surface area contributed by atoms with E-state index in [1.165, 1.54) is 0 Å². The molecule has 1 aliphatic rings. The lowest BCUT2D eigenvalue weighted by molar-refractivity contribution is -0.0375. The minimum absolute atomic E-state index is 0.104. The Labute approximate surface area is 118 Å². The van der Waals surface area contributed by atoms with E-state index in [0.29, 0.717) is 6.04 Å². The molecule has 1 unspecified atom stereocenters. The van der Waals surface area contributed by atoms with Gasteiger partial charge in [-0.2, -0.15) is 0 Å². The second-order valence-electron chi connectivity index (χ2n) is 5.83. The number of ether oxygens (including phenoxy) is 2. The van der Waals surface area contributed by atoms with Crippen LogP contribution in [0.25, 0.3) is 0 Å². The molecule has 1 atom stereocenters. The van der Waals surface area contributed by atoms with Crippen molar-refractivity contribution in [1.29, 1.82) is 0 Å². The molecule has 0 bridgehead atoms. The molecule has 1 heterocycles. The molecule has 0 aliphatic carbocycles. The van der Waals surface area contributed by atoms with Gasteiger partial charge >= 0.3 is 0 Å². The van der Waals surface area contributed by atoms with E-state index >= 15 is 0 Å². The Balaban J connectivity index is 2.57. The predicted octanol–water partition coefficient (Wildman–Crippen LogP) is 1.89. The second-order valence-corrected chi connectivity index (χ2v) is 5.83. The Morgan fingerprint density at radius 2 is 1.89 bits per heavy atom. The maximum Gasteiger partial charge on any atom is 0.0637 e. The molecular formula is C15H32N2O2. The summed E-state index contributed by atoms with van der Waals surface area (Å²) in [5, 5.41) is 3.66. The molecule has 1 aliphatic heterocycles. The van der Waals surface area contributed by atoms with Crippen molar-refractivity contribution in [3.63, 3.8) is 0 Å². The number of hydrogen-bond acceptors (Lipinski definition) is 4. The minimum atomic E-state index is 0.104. The molecule has 0 aromatic carbocycles. The van der Waals surface area contributed by atoms with Crippen LogP contribution in [0.4, 0.5) is 0 Å². The molecule has 4 heteroatoms. The van der Waals surface area contributed by atoms with Gasteiger partial charge in [0.15, 0.2) is 0 Å². The Bertz CT molecular complexity index is 228. The smallest absolute Gasteiger partial charge is 0.0637 e. The highest BCUT2D eigenvalue weighted by atomic mass is 16.5. The number of nitrogens with zero attached hydrogens (tertiary/aromatic N) is 1. The van der Waals surface area contributed by atoms with Crippen molar-refractivity contribution in [2.75, 3.05) is 46.1 Å². The Hall–Kier alpha value is -0.160. The van der Waals surface area contributed by atoms with Crippen LogP contribution in [-0.4, -0.2) is 62.5 Å². The first-order chi connectivity index (χ1) is 9.12. The van der Waals surface area contributed by atoms with Crippen molar-refractivity contribution in [3.05, 3.63) is 0 Å². The Morgan fingerprint density at radius 3 is 2.47 bits per heavy atom. The van der Waals surface area contributed by atoms with E-state index in [9.17, 15) is 0 Å². The summed E-state index contributed by atoms with van der Waals surface area (Å²) in [6, 6.07) is 0.372. The van der Waals surface area contributed by atoms with Crippen LogP contribution in [0.5, 0.6) is 0 Å². The van der Waals surface area contributed by atoms with Crippen LogP contribution in [0.2, 0.25) is 0 Å². The van der Waals surface area contributed by atoms with Crippen LogP contribution in [0.3, 0.4) is 0 Å². The number of hydrogen-bond donors (Lipinski definition) is 1. The van der Waals surface area contributed by atoms with Crippen molar-refractivity contribution < 1.29 is 9.47 Å². The highest BCUT2D eigenvalue weighted by Gasteiger charge is 2.35. The van der Waals surface area contributed by atoms with Gasteiger partial charge in [0.2, 0.25) is 0 Å². The fourth-order valence-electron chi connectivity index (χ4n) is 2.54. The molecular weight excluding hydrogens is 240 g/mol. The zero-order chi connectivity index (χ0) is 14.1. The summed E-state index contributed by atoms with van der Waals surface area (Å²) in [6.45, 7) is 15.4. The molecule has 1 rings (SSSR count). The molecule has 1 fully saturated rings. The highest BCUT2D eigenvalue weighted by molar-refractivity contribution is 4.94. The Morgan fingerprint density at radius 1 is 1.21 bits per heavy atom. The zero-order valence-electron chi connectivity index (χ0n) is 13.2. The van der Waals surface area contributed by atoms with Gasteiger partial charge in [-0.25, -0.2) is 0 Å².